The van der Waals surface area contributed by atoms with Gasteiger partial charge in [-0.2, -0.15) is 0 Å². The van der Waals surface area contributed by atoms with Crippen LogP contribution in [0.15, 0.2) is 42.5 Å². The van der Waals surface area contributed by atoms with Crippen molar-refractivity contribution in [3.8, 4) is 16.9 Å². The topological polar surface area (TPSA) is 9.23 Å². The van der Waals surface area contributed by atoms with Crippen molar-refractivity contribution in [1.82, 2.24) is 0 Å². The normalized spacial score (nSPS) is 10.2. The van der Waals surface area contributed by atoms with Crippen LogP contribution in [0, 0.1) is 5.82 Å². The minimum absolute atomic E-state index is 0.0678. The summed E-state index contributed by atoms with van der Waals surface area (Å²) in [6.07, 6.45) is 0. The second-order valence-corrected chi connectivity index (χ2v) is 3.75. The molecule has 16 heavy (non-hydrogen) atoms. The summed E-state index contributed by atoms with van der Waals surface area (Å²) in [7, 11) is 1.42. The Morgan fingerprint density at radius 2 is 1.75 bits per heavy atom. The molecule has 0 aliphatic carbocycles. The zero-order valence-corrected chi connectivity index (χ0v) is 9.46. The van der Waals surface area contributed by atoms with Crippen molar-refractivity contribution in [3.05, 3.63) is 53.3 Å². The smallest absolute Gasteiger partial charge is 0.183 e. The molecule has 0 fully saturated rings. The lowest BCUT2D eigenvalue weighted by atomic mass is 10.1. The summed E-state index contributed by atoms with van der Waals surface area (Å²) in [5.74, 6) is -0.366. The molecular formula is C13H10ClFO. The van der Waals surface area contributed by atoms with Gasteiger partial charge >= 0.3 is 0 Å². The molecule has 0 radical (unpaired) electrons. The molecule has 0 atom stereocenters. The Balaban J connectivity index is 2.55. The SMILES string of the molecule is COc1cc(-c2ccccc2)cc(Cl)c1F. The zero-order chi connectivity index (χ0) is 11.5. The van der Waals surface area contributed by atoms with Crippen LogP contribution in [-0.2, 0) is 0 Å². The van der Waals surface area contributed by atoms with Gasteiger partial charge in [0.2, 0.25) is 0 Å². The van der Waals surface area contributed by atoms with Gasteiger partial charge in [0.05, 0.1) is 12.1 Å². The molecule has 0 saturated heterocycles. The van der Waals surface area contributed by atoms with Crippen LogP contribution in [-0.4, -0.2) is 7.11 Å². The van der Waals surface area contributed by atoms with Gasteiger partial charge in [-0.25, -0.2) is 4.39 Å². The summed E-state index contributed by atoms with van der Waals surface area (Å²) >= 11 is 5.79. The third-order valence-corrected chi connectivity index (χ3v) is 2.60. The van der Waals surface area contributed by atoms with Crippen LogP contribution < -0.4 is 4.74 Å². The Labute approximate surface area is 98.4 Å². The highest BCUT2D eigenvalue weighted by Gasteiger charge is 2.10. The molecule has 0 aliphatic heterocycles. The van der Waals surface area contributed by atoms with Gasteiger partial charge in [-0.15, -0.1) is 0 Å². The Hall–Kier alpha value is -1.54. The van der Waals surface area contributed by atoms with E-state index >= 15 is 0 Å². The quantitative estimate of drug-likeness (QED) is 0.761. The summed E-state index contributed by atoms with van der Waals surface area (Å²) in [5, 5.41) is 0.0678. The highest BCUT2D eigenvalue weighted by Crippen LogP contribution is 2.31. The van der Waals surface area contributed by atoms with Gasteiger partial charge in [0.15, 0.2) is 11.6 Å². The Morgan fingerprint density at radius 3 is 2.38 bits per heavy atom. The molecule has 2 aromatic rings. The molecule has 0 heterocycles. The first kappa shape index (κ1) is 11.0. The second-order valence-electron chi connectivity index (χ2n) is 3.34. The van der Waals surface area contributed by atoms with Crippen LogP contribution in [0.25, 0.3) is 11.1 Å². The van der Waals surface area contributed by atoms with Gasteiger partial charge in [0.1, 0.15) is 0 Å². The van der Waals surface area contributed by atoms with E-state index in [1.165, 1.54) is 7.11 Å². The van der Waals surface area contributed by atoms with Crippen LogP contribution in [0.3, 0.4) is 0 Å². The summed E-state index contributed by atoms with van der Waals surface area (Å²) in [4.78, 5) is 0. The van der Waals surface area contributed by atoms with Crippen LogP contribution in [0.4, 0.5) is 4.39 Å². The van der Waals surface area contributed by atoms with Crippen LogP contribution in [0.1, 0.15) is 0 Å². The predicted molar refractivity (Wildman–Crippen MR) is 63.4 cm³/mol. The molecule has 0 bridgehead atoms. The summed E-state index contributed by atoms with van der Waals surface area (Å²) in [5.41, 5.74) is 1.81. The minimum atomic E-state index is -0.524. The number of hydrogen-bond acceptors (Lipinski definition) is 1. The maximum Gasteiger partial charge on any atom is 0.183 e. The number of halogens is 2. The molecule has 0 amide bonds. The van der Waals surface area contributed by atoms with E-state index in [-0.39, 0.29) is 10.8 Å². The fourth-order valence-corrected chi connectivity index (χ4v) is 1.72. The van der Waals surface area contributed by atoms with Crippen molar-refractivity contribution >= 4 is 11.6 Å². The fraction of sp³-hybridized carbons (Fsp3) is 0.0769. The molecule has 2 aromatic carbocycles. The van der Waals surface area contributed by atoms with E-state index in [0.29, 0.717) is 0 Å². The number of methoxy groups -OCH3 is 1. The number of rotatable bonds is 2. The van der Waals surface area contributed by atoms with Crippen molar-refractivity contribution in [1.29, 1.82) is 0 Å². The van der Waals surface area contributed by atoms with E-state index in [1.54, 1.807) is 12.1 Å². The van der Waals surface area contributed by atoms with Crippen molar-refractivity contribution in [2.24, 2.45) is 0 Å². The molecule has 0 unspecified atom stereocenters. The lowest BCUT2D eigenvalue weighted by Crippen LogP contribution is -1.90. The van der Waals surface area contributed by atoms with Gasteiger partial charge in [-0.05, 0) is 23.3 Å². The molecular weight excluding hydrogens is 227 g/mol. The van der Waals surface area contributed by atoms with E-state index < -0.39 is 5.82 Å². The Bertz CT molecular complexity index is 497. The summed E-state index contributed by atoms with van der Waals surface area (Å²) < 4.78 is 18.4. The van der Waals surface area contributed by atoms with Gasteiger partial charge in [0.25, 0.3) is 0 Å². The predicted octanol–water partition coefficient (Wildman–Crippen LogP) is 4.15. The molecule has 82 valence electrons. The molecule has 0 aliphatic rings. The minimum Gasteiger partial charge on any atom is -0.494 e. The first-order valence-electron chi connectivity index (χ1n) is 4.81. The van der Waals surface area contributed by atoms with E-state index in [0.717, 1.165) is 11.1 Å². The molecule has 0 spiro atoms. The average molecular weight is 237 g/mol. The number of hydrogen-bond donors (Lipinski definition) is 0. The largest absolute Gasteiger partial charge is 0.494 e. The Morgan fingerprint density at radius 1 is 1.06 bits per heavy atom. The molecule has 3 heteroatoms. The maximum absolute atomic E-state index is 13.4. The standard InChI is InChI=1S/C13H10ClFO/c1-16-12-8-10(7-11(14)13(12)15)9-5-3-2-4-6-9/h2-8H,1H3. The summed E-state index contributed by atoms with van der Waals surface area (Å²) in [6.45, 7) is 0. The first-order valence-corrected chi connectivity index (χ1v) is 5.18. The van der Waals surface area contributed by atoms with E-state index in [9.17, 15) is 4.39 Å². The lowest BCUT2D eigenvalue weighted by Gasteiger charge is -2.07. The van der Waals surface area contributed by atoms with E-state index in [1.807, 2.05) is 30.3 Å². The maximum atomic E-state index is 13.4. The van der Waals surface area contributed by atoms with Crippen LogP contribution in [0.5, 0.6) is 5.75 Å². The molecule has 1 nitrogen and oxygen atoms in total. The van der Waals surface area contributed by atoms with Crippen molar-refractivity contribution in [3.63, 3.8) is 0 Å². The summed E-state index contributed by atoms with van der Waals surface area (Å²) in [6, 6.07) is 12.8. The molecule has 0 aromatic heterocycles. The number of ether oxygens (including phenoxy) is 1. The van der Waals surface area contributed by atoms with Gasteiger partial charge < -0.3 is 4.74 Å². The number of benzene rings is 2. The zero-order valence-electron chi connectivity index (χ0n) is 8.71. The van der Waals surface area contributed by atoms with E-state index in [4.69, 9.17) is 16.3 Å². The third kappa shape index (κ3) is 2.02. The van der Waals surface area contributed by atoms with Crippen LogP contribution >= 0.6 is 11.6 Å². The monoisotopic (exact) mass is 236 g/mol. The highest BCUT2D eigenvalue weighted by molar-refractivity contribution is 6.31. The van der Waals surface area contributed by atoms with Gasteiger partial charge in [-0.1, -0.05) is 41.9 Å². The fourth-order valence-electron chi connectivity index (χ4n) is 1.51. The molecule has 0 N–H and O–H groups in total. The van der Waals surface area contributed by atoms with Crippen LogP contribution in [0.2, 0.25) is 5.02 Å². The van der Waals surface area contributed by atoms with E-state index in [2.05, 4.69) is 0 Å². The molecule has 0 saturated carbocycles. The van der Waals surface area contributed by atoms with Crippen molar-refractivity contribution < 1.29 is 9.13 Å². The van der Waals surface area contributed by atoms with Gasteiger partial charge in [0, 0.05) is 0 Å². The first-order chi connectivity index (χ1) is 7.72. The average Bonchev–Trinajstić information content (AvgIpc) is 2.33. The lowest BCUT2D eigenvalue weighted by molar-refractivity contribution is 0.387. The van der Waals surface area contributed by atoms with Crippen molar-refractivity contribution in [2.45, 2.75) is 0 Å². The molecule has 2 rings (SSSR count). The van der Waals surface area contributed by atoms with Gasteiger partial charge in [-0.3, -0.25) is 0 Å². The highest BCUT2D eigenvalue weighted by atomic mass is 35.5. The Kier molecular flexibility index (Phi) is 3.11. The third-order valence-electron chi connectivity index (χ3n) is 2.32. The second kappa shape index (κ2) is 4.54. The van der Waals surface area contributed by atoms with Crippen molar-refractivity contribution in [2.75, 3.05) is 7.11 Å².